The SMILES string of the molecule is Cc1ccc(N2C(=O)NC(=O)/C(=C\c3ccc(OCC(C)C)cc3)C2=O)cc1. The number of imide groups is 2. The molecule has 0 bridgehead atoms. The Hall–Kier alpha value is -3.41. The summed E-state index contributed by atoms with van der Waals surface area (Å²) in [5.74, 6) is -0.237. The van der Waals surface area contributed by atoms with Crippen molar-refractivity contribution in [3.8, 4) is 5.75 Å². The molecule has 28 heavy (non-hydrogen) atoms. The minimum Gasteiger partial charge on any atom is -0.493 e. The van der Waals surface area contributed by atoms with Gasteiger partial charge in [0.1, 0.15) is 11.3 Å². The van der Waals surface area contributed by atoms with Crippen LogP contribution in [0.2, 0.25) is 0 Å². The van der Waals surface area contributed by atoms with Crippen LogP contribution in [0.25, 0.3) is 6.08 Å². The predicted octanol–water partition coefficient (Wildman–Crippen LogP) is 3.70. The highest BCUT2D eigenvalue weighted by Crippen LogP contribution is 2.23. The number of nitrogens with zero attached hydrogens (tertiary/aromatic N) is 1. The van der Waals surface area contributed by atoms with Crippen LogP contribution in [0.3, 0.4) is 0 Å². The third kappa shape index (κ3) is 4.28. The van der Waals surface area contributed by atoms with E-state index in [2.05, 4.69) is 19.2 Å². The average molecular weight is 378 g/mol. The molecule has 1 N–H and O–H groups in total. The lowest BCUT2D eigenvalue weighted by Gasteiger charge is -2.26. The van der Waals surface area contributed by atoms with Crippen LogP contribution in [-0.4, -0.2) is 24.5 Å². The first-order chi connectivity index (χ1) is 13.3. The highest BCUT2D eigenvalue weighted by molar-refractivity contribution is 6.39. The lowest BCUT2D eigenvalue weighted by atomic mass is 10.1. The normalized spacial score (nSPS) is 15.9. The molecule has 0 atom stereocenters. The number of rotatable bonds is 5. The first-order valence-electron chi connectivity index (χ1n) is 9.06. The number of ether oxygens (including phenoxy) is 1. The van der Waals surface area contributed by atoms with Crippen molar-refractivity contribution in [1.82, 2.24) is 5.32 Å². The maximum atomic E-state index is 12.8. The molecule has 0 saturated carbocycles. The second kappa shape index (κ2) is 8.08. The monoisotopic (exact) mass is 378 g/mol. The van der Waals surface area contributed by atoms with Crippen molar-refractivity contribution in [3.63, 3.8) is 0 Å². The summed E-state index contributed by atoms with van der Waals surface area (Å²) in [5.41, 5.74) is 1.97. The molecule has 144 valence electrons. The Morgan fingerprint density at radius 2 is 1.64 bits per heavy atom. The summed E-state index contributed by atoms with van der Waals surface area (Å²) in [5, 5.41) is 2.22. The number of benzene rings is 2. The van der Waals surface area contributed by atoms with Crippen LogP contribution in [0.1, 0.15) is 25.0 Å². The molecule has 0 radical (unpaired) electrons. The topological polar surface area (TPSA) is 75.7 Å². The first-order valence-corrected chi connectivity index (χ1v) is 9.06. The van der Waals surface area contributed by atoms with E-state index in [1.807, 2.05) is 6.92 Å². The van der Waals surface area contributed by atoms with Crippen LogP contribution in [0.5, 0.6) is 5.75 Å². The van der Waals surface area contributed by atoms with Crippen LogP contribution in [0.4, 0.5) is 10.5 Å². The number of urea groups is 1. The molecule has 2 aromatic carbocycles. The van der Waals surface area contributed by atoms with Gasteiger partial charge in [-0.05, 0) is 48.7 Å². The molecule has 0 aromatic heterocycles. The number of amides is 4. The maximum absolute atomic E-state index is 12.8. The predicted molar refractivity (Wildman–Crippen MR) is 107 cm³/mol. The van der Waals surface area contributed by atoms with Gasteiger partial charge in [0.05, 0.1) is 12.3 Å². The van der Waals surface area contributed by atoms with Crippen molar-refractivity contribution in [2.75, 3.05) is 11.5 Å². The number of hydrogen-bond acceptors (Lipinski definition) is 4. The molecule has 0 aliphatic carbocycles. The number of carbonyl (C=O) groups excluding carboxylic acids is 3. The van der Waals surface area contributed by atoms with Gasteiger partial charge in [-0.3, -0.25) is 14.9 Å². The summed E-state index contributed by atoms with van der Waals surface area (Å²) in [6, 6.07) is 13.3. The van der Waals surface area contributed by atoms with E-state index in [9.17, 15) is 14.4 Å². The molecule has 0 unspecified atom stereocenters. The quantitative estimate of drug-likeness (QED) is 0.636. The summed E-state index contributed by atoms with van der Waals surface area (Å²) in [4.78, 5) is 38.2. The highest BCUT2D eigenvalue weighted by atomic mass is 16.5. The van der Waals surface area contributed by atoms with E-state index in [0.29, 0.717) is 29.5 Å². The molecule has 1 fully saturated rings. The molecule has 0 spiro atoms. The van der Waals surface area contributed by atoms with Crippen molar-refractivity contribution < 1.29 is 19.1 Å². The lowest BCUT2D eigenvalue weighted by molar-refractivity contribution is -0.122. The minimum atomic E-state index is -0.756. The summed E-state index contributed by atoms with van der Waals surface area (Å²) >= 11 is 0. The Bertz CT molecular complexity index is 928. The van der Waals surface area contributed by atoms with Crippen molar-refractivity contribution >= 4 is 29.6 Å². The molecular formula is C22H22N2O4. The number of nitrogens with one attached hydrogen (secondary N) is 1. The fourth-order valence-corrected chi connectivity index (χ4v) is 2.68. The first kappa shape index (κ1) is 19.4. The van der Waals surface area contributed by atoms with Crippen LogP contribution < -0.4 is 15.0 Å². The molecule has 6 heteroatoms. The fraction of sp³-hybridized carbons (Fsp3) is 0.227. The summed E-state index contributed by atoms with van der Waals surface area (Å²) in [6.07, 6.45) is 1.47. The smallest absolute Gasteiger partial charge is 0.335 e. The molecule has 1 aliphatic rings. The van der Waals surface area contributed by atoms with Crippen molar-refractivity contribution in [1.29, 1.82) is 0 Å². The van der Waals surface area contributed by atoms with Gasteiger partial charge in [-0.1, -0.05) is 43.7 Å². The van der Waals surface area contributed by atoms with Crippen molar-refractivity contribution in [3.05, 3.63) is 65.2 Å². The zero-order chi connectivity index (χ0) is 20.3. The van der Waals surface area contributed by atoms with Gasteiger partial charge in [0, 0.05) is 0 Å². The van der Waals surface area contributed by atoms with Gasteiger partial charge in [0.25, 0.3) is 11.8 Å². The summed E-state index contributed by atoms with van der Waals surface area (Å²) in [6.45, 7) is 6.64. The zero-order valence-electron chi connectivity index (χ0n) is 16.1. The minimum absolute atomic E-state index is 0.101. The van der Waals surface area contributed by atoms with Gasteiger partial charge in [0.15, 0.2) is 0 Å². The van der Waals surface area contributed by atoms with Crippen molar-refractivity contribution in [2.45, 2.75) is 20.8 Å². The third-order valence-electron chi connectivity index (χ3n) is 4.17. The second-order valence-electron chi connectivity index (χ2n) is 7.07. The second-order valence-corrected chi connectivity index (χ2v) is 7.07. The van der Waals surface area contributed by atoms with E-state index < -0.39 is 17.8 Å². The molecule has 1 aliphatic heterocycles. The van der Waals surface area contributed by atoms with Gasteiger partial charge in [-0.15, -0.1) is 0 Å². The average Bonchev–Trinajstić information content (AvgIpc) is 2.66. The Kier molecular flexibility index (Phi) is 5.59. The van der Waals surface area contributed by atoms with Crippen LogP contribution >= 0.6 is 0 Å². The standard InChI is InChI=1S/C22H22N2O4/c1-14(2)13-28-18-10-6-16(7-11-18)12-19-20(25)23-22(27)24(21(19)26)17-8-4-15(3)5-9-17/h4-12,14H,13H2,1-3H3,(H,23,25,27)/b19-12+. The molecular weight excluding hydrogens is 356 g/mol. The van der Waals surface area contributed by atoms with Gasteiger partial charge in [0.2, 0.25) is 0 Å². The Morgan fingerprint density at radius 1 is 1.00 bits per heavy atom. The molecule has 4 amide bonds. The number of carbonyl (C=O) groups is 3. The Labute approximate surface area is 163 Å². The van der Waals surface area contributed by atoms with E-state index in [1.165, 1.54) is 6.08 Å². The van der Waals surface area contributed by atoms with Gasteiger partial charge in [-0.2, -0.15) is 0 Å². The molecule has 6 nitrogen and oxygen atoms in total. The van der Waals surface area contributed by atoms with Crippen LogP contribution in [0, 0.1) is 12.8 Å². The van der Waals surface area contributed by atoms with E-state index in [4.69, 9.17) is 4.74 Å². The maximum Gasteiger partial charge on any atom is 0.335 e. The Balaban J connectivity index is 1.85. The Morgan fingerprint density at radius 3 is 2.25 bits per heavy atom. The number of hydrogen-bond donors (Lipinski definition) is 1. The van der Waals surface area contributed by atoms with Crippen LogP contribution in [0.15, 0.2) is 54.1 Å². The van der Waals surface area contributed by atoms with Gasteiger partial charge in [-0.25, -0.2) is 9.69 Å². The molecule has 2 aromatic rings. The fourth-order valence-electron chi connectivity index (χ4n) is 2.68. The van der Waals surface area contributed by atoms with E-state index in [0.717, 1.165) is 10.5 Å². The van der Waals surface area contributed by atoms with E-state index in [-0.39, 0.29) is 5.57 Å². The molecule has 1 saturated heterocycles. The zero-order valence-corrected chi connectivity index (χ0v) is 16.1. The lowest BCUT2D eigenvalue weighted by Crippen LogP contribution is -2.54. The van der Waals surface area contributed by atoms with Gasteiger partial charge >= 0.3 is 6.03 Å². The number of anilines is 1. The van der Waals surface area contributed by atoms with E-state index in [1.54, 1.807) is 48.5 Å². The number of barbiturate groups is 1. The summed E-state index contributed by atoms with van der Waals surface area (Å²) < 4.78 is 5.63. The largest absolute Gasteiger partial charge is 0.493 e. The molecule has 1 heterocycles. The third-order valence-corrected chi connectivity index (χ3v) is 4.17. The van der Waals surface area contributed by atoms with Crippen LogP contribution in [-0.2, 0) is 9.59 Å². The molecule has 3 rings (SSSR count). The van der Waals surface area contributed by atoms with Crippen molar-refractivity contribution in [2.24, 2.45) is 5.92 Å². The highest BCUT2D eigenvalue weighted by Gasteiger charge is 2.36. The summed E-state index contributed by atoms with van der Waals surface area (Å²) in [7, 11) is 0. The van der Waals surface area contributed by atoms with Gasteiger partial charge < -0.3 is 4.74 Å². The van der Waals surface area contributed by atoms with E-state index >= 15 is 0 Å². The number of aryl methyl sites for hydroxylation is 1.